The van der Waals surface area contributed by atoms with Gasteiger partial charge in [-0.2, -0.15) is 0 Å². The molecule has 2 fully saturated rings. The van der Waals surface area contributed by atoms with Crippen molar-refractivity contribution in [2.75, 3.05) is 5.32 Å². The highest BCUT2D eigenvalue weighted by molar-refractivity contribution is 6.42. The van der Waals surface area contributed by atoms with Crippen molar-refractivity contribution in [3.8, 4) is 0 Å². The van der Waals surface area contributed by atoms with Crippen LogP contribution in [0.5, 0.6) is 0 Å². The van der Waals surface area contributed by atoms with Gasteiger partial charge in [0.25, 0.3) is 0 Å². The first-order valence-electron chi connectivity index (χ1n) is 6.75. The minimum atomic E-state index is -0.0524. The van der Waals surface area contributed by atoms with Gasteiger partial charge in [-0.3, -0.25) is 0 Å². The van der Waals surface area contributed by atoms with E-state index < -0.39 is 0 Å². The molecule has 2 amide bonds. The normalized spacial score (nSPS) is 24.9. The molecule has 2 unspecified atom stereocenters. The number of carbonyl (C=O) groups excluding carboxylic acids is 1. The Hall–Kier alpha value is -1.19. The summed E-state index contributed by atoms with van der Waals surface area (Å²) in [6.45, 7) is 4.06. The molecule has 2 aliphatic heterocycles. The number of fused-ring (bicyclic) bond motifs is 2. The molecular formula is C15H16Cl2N2O. The zero-order valence-corrected chi connectivity index (χ0v) is 12.5. The molecule has 0 spiro atoms. The summed E-state index contributed by atoms with van der Waals surface area (Å²) in [6.07, 6.45) is 3.98. The number of halogens is 2. The molecule has 1 aromatic rings. The maximum absolute atomic E-state index is 12.4. The fraction of sp³-hybridized carbons (Fsp3) is 0.400. The van der Waals surface area contributed by atoms with Gasteiger partial charge in [-0.05, 0) is 43.9 Å². The van der Waals surface area contributed by atoms with Crippen LogP contribution in [0.1, 0.15) is 25.7 Å². The minimum Gasteiger partial charge on any atom is -0.318 e. The van der Waals surface area contributed by atoms with Crippen molar-refractivity contribution in [3.05, 3.63) is 40.4 Å². The topological polar surface area (TPSA) is 32.3 Å². The van der Waals surface area contributed by atoms with Gasteiger partial charge in [0.1, 0.15) is 0 Å². The molecule has 20 heavy (non-hydrogen) atoms. The fourth-order valence-corrected chi connectivity index (χ4v) is 3.50. The van der Waals surface area contributed by atoms with E-state index in [4.69, 9.17) is 23.2 Å². The molecule has 0 aliphatic carbocycles. The first-order chi connectivity index (χ1) is 9.54. The molecule has 5 heteroatoms. The van der Waals surface area contributed by atoms with Crippen molar-refractivity contribution in [3.63, 3.8) is 0 Å². The standard InChI is InChI=1S/C15H16Cl2N2O/c1-9-6-11-3-4-12(7-9)19(11)15(20)18-10-2-5-13(16)14(17)8-10/h2,5,8,11-12H,1,3-4,6-7H2,(H,18,20). The first-order valence-corrected chi connectivity index (χ1v) is 7.51. The third-order valence-corrected chi connectivity index (χ3v) is 4.81. The maximum Gasteiger partial charge on any atom is 0.322 e. The third-order valence-electron chi connectivity index (χ3n) is 4.07. The van der Waals surface area contributed by atoms with Crippen LogP contribution in [0.2, 0.25) is 10.0 Å². The largest absolute Gasteiger partial charge is 0.322 e. The Bertz CT molecular complexity index is 557. The number of piperidine rings is 1. The molecule has 0 aromatic heterocycles. The van der Waals surface area contributed by atoms with E-state index in [1.165, 1.54) is 5.57 Å². The maximum atomic E-state index is 12.4. The number of carbonyl (C=O) groups is 1. The number of nitrogens with one attached hydrogen (secondary N) is 1. The van der Waals surface area contributed by atoms with Crippen LogP contribution in [-0.4, -0.2) is 23.0 Å². The number of urea groups is 1. The summed E-state index contributed by atoms with van der Waals surface area (Å²) in [6, 6.07) is 5.66. The van der Waals surface area contributed by atoms with Crippen LogP contribution in [0.4, 0.5) is 10.5 Å². The van der Waals surface area contributed by atoms with Crippen molar-refractivity contribution in [1.29, 1.82) is 0 Å². The number of amides is 2. The quantitative estimate of drug-likeness (QED) is 0.749. The van der Waals surface area contributed by atoms with E-state index in [1.807, 2.05) is 4.90 Å². The minimum absolute atomic E-state index is 0.0524. The summed E-state index contributed by atoms with van der Waals surface area (Å²) in [5, 5.41) is 3.84. The van der Waals surface area contributed by atoms with Crippen molar-refractivity contribution in [2.45, 2.75) is 37.8 Å². The molecular weight excluding hydrogens is 295 g/mol. The number of rotatable bonds is 1. The molecule has 2 aliphatic rings. The smallest absolute Gasteiger partial charge is 0.318 e. The molecule has 3 rings (SSSR count). The highest BCUT2D eigenvalue weighted by Gasteiger charge is 2.40. The molecule has 0 saturated carbocycles. The van der Waals surface area contributed by atoms with Crippen molar-refractivity contribution in [1.82, 2.24) is 4.90 Å². The second kappa shape index (κ2) is 5.30. The molecule has 106 valence electrons. The van der Waals surface area contributed by atoms with Crippen LogP contribution < -0.4 is 5.32 Å². The van der Waals surface area contributed by atoms with Gasteiger partial charge in [0.05, 0.1) is 10.0 Å². The van der Waals surface area contributed by atoms with E-state index in [9.17, 15) is 4.79 Å². The molecule has 2 saturated heterocycles. The summed E-state index contributed by atoms with van der Waals surface area (Å²) in [7, 11) is 0. The van der Waals surface area contributed by atoms with E-state index >= 15 is 0 Å². The lowest BCUT2D eigenvalue weighted by molar-refractivity contribution is 0.174. The van der Waals surface area contributed by atoms with Gasteiger partial charge in [-0.15, -0.1) is 0 Å². The highest BCUT2D eigenvalue weighted by atomic mass is 35.5. The average molecular weight is 311 g/mol. The van der Waals surface area contributed by atoms with Gasteiger partial charge in [-0.25, -0.2) is 4.79 Å². The second-order valence-electron chi connectivity index (χ2n) is 5.51. The van der Waals surface area contributed by atoms with Gasteiger partial charge < -0.3 is 10.2 Å². The zero-order valence-electron chi connectivity index (χ0n) is 11.0. The SMILES string of the molecule is C=C1CC2CCC(C1)N2C(=O)Nc1ccc(Cl)c(Cl)c1. The molecule has 2 bridgehead atoms. The number of benzene rings is 1. The van der Waals surface area contributed by atoms with Crippen LogP contribution in [0, 0.1) is 0 Å². The monoisotopic (exact) mass is 310 g/mol. The Labute approximate surface area is 128 Å². The van der Waals surface area contributed by atoms with E-state index in [1.54, 1.807) is 18.2 Å². The fourth-order valence-electron chi connectivity index (χ4n) is 3.21. The number of hydrogen-bond acceptors (Lipinski definition) is 1. The van der Waals surface area contributed by atoms with E-state index in [2.05, 4.69) is 11.9 Å². The van der Waals surface area contributed by atoms with Crippen molar-refractivity contribution in [2.24, 2.45) is 0 Å². The van der Waals surface area contributed by atoms with Crippen molar-refractivity contribution >= 4 is 34.9 Å². The Morgan fingerprint density at radius 3 is 2.45 bits per heavy atom. The Morgan fingerprint density at radius 1 is 1.20 bits per heavy atom. The summed E-state index contributed by atoms with van der Waals surface area (Å²) in [4.78, 5) is 14.4. The van der Waals surface area contributed by atoms with Gasteiger partial charge in [0.15, 0.2) is 0 Å². The van der Waals surface area contributed by atoms with Gasteiger partial charge in [-0.1, -0.05) is 35.4 Å². The van der Waals surface area contributed by atoms with Gasteiger partial charge in [0, 0.05) is 17.8 Å². The van der Waals surface area contributed by atoms with E-state index in [0.717, 1.165) is 25.7 Å². The Kier molecular flexibility index (Phi) is 3.65. The molecule has 1 N–H and O–H groups in total. The molecule has 2 heterocycles. The third kappa shape index (κ3) is 2.52. The lowest BCUT2D eigenvalue weighted by Crippen LogP contribution is -2.46. The van der Waals surface area contributed by atoms with E-state index in [-0.39, 0.29) is 6.03 Å². The summed E-state index contributed by atoms with van der Waals surface area (Å²) < 4.78 is 0. The second-order valence-corrected chi connectivity index (χ2v) is 6.32. The average Bonchev–Trinajstić information content (AvgIpc) is 2.66. The predicted molar refractivity (Wildman–Crippen MR) is 82.5 cm³/mol. The molecule has 0 radical (unpaired) electrons. The lowest BCUT2D eigenvalue weighted by atomic mass is 9.99. The molecule has 2 atom stereocenters. The van der Waals surface area contributed by atoms with Crippen LogP contribution >= 0.6 is 23.2 Å². The van der Waals surface area contributed by atoms with Crippen molar-refractivity contribution < 1.29 is 4.79 Å². The van der Waals surface area contributed by atoms with Crippen LogP contribution in [0.15, 0.2) is 30.4 Å². The van der Waals surface area contributed by atoms with Gasteiger partial charge in [0.2, 0.25) is 0 Å². The van der Waals surface area contributed by atoms with Gasteiger partial charge >= 0.3 is 6.03 Å². The van der Waals surface area contributed by atoms with Crippen LogP contribution in [0.25, 0.3) is 0 Å². The zero-order chi connectivity index (χ0) is 14.3. The summed E-state index contributed by atoms with van der Waals surface area (Å²) in [5.41, 5.74) is 1.93. The predicted octanol–water partition coefficient (Wildman–Crippen LogP) is 4.71. The highest BCUT2D eigenvalue weighted by Crippen LogP contribution is 2.38. The Balaban J connectivity index is 1.73. The molecule has 1 aromatic carbocycles. The lowest BCUT2D eigenvalue weighted by Gasteiger charge is -2.35. The summed E-state index contributed by atoms with van der Waals surface area (Å²) >= 11 is 11.8. The summed E-state index contributed by atoms with van der Waals surface area (Å²) in [5.74, 6) is 0. The van der Waals surface area contributed by atoms with Crippen LogP contribution in [-0.2, 0) is 0 Å². The first kappa shape index (κ1) is 13.8. The van der Waals surface area contributed by atoms with E-state index in [0.29, 0.717) is 27.8 Å². The van der Waals surface area contributed by atoms with Crippen LogP contribution in [0.3, 0.4) is 0 Å². The molecule has 3 nitrogen and oxygen atoms in total. The number of hydrogen-bond donors (Lipinski definition) is 1. The number of nitrogens with zero attached hydrogens (tertiary/aromatic N) is 1. The Morgan fingerprint density at radius 2 is 1.85 bits per heavy atom. The number of anilines is 1.